The number of nitrogens with zero attached hydrogens (tertiary/aromatic N) is 5. The van der Waals surface area contributed by atoms with E-state index in [1.165, 1.54) is 42.5 Å². The van der Waals surface area contributed by atoms with Crippen LogP contribution >= 0.6 is 0 Å². The third-order valence-corrected chi connectivity index (χ3v) is 5.78. The van der Waals surface area contributed by atoms with Gasteiger partial charge in [0.25, 0.3) is 0 Å². The molecule has 3 rings (SSSR count). The molecule has 0 radical (unpaired) electrons. The number of ether oxygens (including phenoxy) is 1. The minimum atomic E-state index is -0.443. The van der Waals surface area contributed by atoms with Gasteiger partial charge in [0.1, 0.15) is 17.4 Å². The van der Waals surface area contributed by atoms with Crippen molar-refractivity contribution in [3.05, 3.63) is 61.1 Å². The summed E-state index contributed by atoms with van der Waals surface area (Å²) in [5.74, 6) is 0.0926. The molecule has 11 nitrogen and oxygen atoms in total. The van der Waals surface area contributed by atoms with Gasteiger partial charge >= 0.3 is 0 Å². The summed E-state index contributed by atoms with van der Waals surface area (Å²) in [6, 6.07) is 9.09. The fraction of sp³-hybridized carbons (Fsp3) is 0.259. The maximum absolute atomic E-state index is 13.7. The average molecular weight is 537 g/mol. The Bertz CT molecular complexity index is 1330. The molecule has 0 aliphatic carbocycles. The summed E-state index contributed by atoms with van der Waals surface area (Å²) in [6.45, 7) is 5.04. The second kappa shape index (κ2) is 13.2. The van der Waals surface area contributed by atoms with Crippen molar-refractivity contribution in [2.24, 2.45) is 0 Å². The zero-order valence-electron chi connectivity index (χ0n) is 22.7. The van der Waals surface area contributed by atoms with Crippen LogP contribution in [0, 0.1) is 5.82 Å². The van der Waals surface area contributed by atoms with Crippen LogP contribution in [0.4, 0.5) is 44.6 Å². The highest BCUT2D eigenvalue weighted by Gasteiger charge is 2.18. The molecule has 3 aromatic rings. The lowest BCUT2D eigenvalue weighted by Gasteiger charge is -2.26. The highest BCUT2D eigenvalue weighted by atomic mass is 19.1. The third kappa shape index (κ3) is 7.20. The number of amides is 2. The molecule has 1 heterocycles. The first-order valence-corrected chi connectivity index (χ1v) is 12.0. The number of anilines is 7. The molecule has 2 aromatic carbocycles. The molecule has 206 valence electrons. The van der Waals surface area contributed by atoms with Gasteiger partial charge in [0.2, 0.25) is 18.3 Å². The van der Waals surface area contributed by atoms with Gasteiger partial charge in [0, 0.05) is 39.4 Å². The molecule has 0 unspecified atom stereocenters. The SMILES string of the molecule is C=CC(=O)Nc1cc(Nc2nccc(N(C=O)c3ccc(F)cc3NC)n2)c(OC)cc1N(C)CCN(C)C. The van der Waals surface area contributed by atoms with Crippen LogP contribution in [0.15, 0.2) is 55.3 Å². The summed E-state index contributed by atoms with van der Waals surface area (Å²) < 4.78 is 19.4. The molecule has 0 saturated heterocycles. The van der Waals surface area contributed by atoms with Crippen LogP contribution in [0.3, 0.4) is 0 Å². The number of rotatable bonds is 13. The number of hydrogen-bond donors (Lipinski definition) is 3. The lowest BCUT2D eigenvalue weighted by atomic mass is 10.2. The van der Waals surface area contributed by atoms with Crippen LogP contribution in [0.1, 0.15) is 0 Å². The summed E-state index contributed by atoms with van der Waals surface area (Å²) in [7, 11) is 9.05. The molecule has 12 heteroatoms. The first kappa shape index (κ1) is 28.9. The van der Waals surface area contributed by atoms with E-state index in [9.17, 15) is 14.0 Å². The number of hydrogen-bond acceptors (Lipinski definition) is 9. The normalized spacial score (nSPS) is 10.5. The van der Waals surface area contributed by atoms with Crippen molar-refractivity contribution >= 4 is 52.5 Å². The standard InChI is InChI=1S/C27H33FN8O3/c1-7-26(38)31-20-15-21(24(39-6)16-23(20)35(5)13-12-34(3)4)32-27-30-11-10-25(33-27)36(17-37)22-9-8-18(28)14-19(22)29-2/h7-11,14-17,29H,1,12-13H2,2-6H3,(H,31,38)(H,30,32,33). The molecular formula is C27H33FN8O3. The predicted octanol–water partition coefficient (Wildman–Crippen LogP) is 3.83. The van der Waals surface area contributed by atoms with Gasteiger partial charge in [0.05, 0.1) is 35.5 Å². The topological polar surface area (TPSA) is 115 Å². The van der Waals surface area contributed by atoms with E-state index in [0.717, 1.165) is 12.2 Å². The average Bonchev–Trinajstić information content (AvgIpc) is 2.93. The molecule has 0 bridgehead atoms. The van der Waals surface area contributed by atoms with E-state index in [1.54, 1.807) is 25.2 Å². The van der Waals surface area contributed by atoms with Crippen LogP contribution in [-0.4, -0.2) is 75.6 Å². The monoisotopic (exact) mass is 536 g/mol. The Morgan fingerprint density at radius 2 is 1.85 bits per heavy atom. The van der Waals surface area contributed by atoms with E-state index in [0.29, 0.717) is 41.5 Å². The van der Waals surface area contributed by atoms with Crippen LogP contribution in [0.5, 0.6) is 5.75 Å². The molecule has 0 spiro atoms. The molecule has 2 amide bonds. The highest BCUT2D eigenvalue weighted by Crippen LogP contribution is 2.38. The molecule has 0 saturated carbocycles. The van der Waals surface area contributed by atoms with Gasteiger partial charge in [-0.1, -0.05) is 6.58 Å². The Kier molecular flexibility index (Phi) is 9.76. The van der Waals surface area contributed by atoms with Gasteiger partial charge in [-0.05, 0) is 50.5 Å². The van der Waals surface area contributed by atoms with E-state index >= 15 is 0 Å². The Balaban J connectivity index is 2.00. The maximum atomic E-state index is 13.7. The van der Waals surface area contributed by atoms with Gasteiger partial charge in [0.15, 0.2) is 0 Å². The van der Waals surface area contributed by atoms with Crippen molar-refractivity contribution < 1.29 is 18.7 Å². The molecular weight excluding hydrogens is 503 g/mol. The quantitative estimate of drug-likeness (QED) is 0.221. The summed E-state index contributed by atoms with van der Waals surface area (Å²) in [5.41, 5.74) is 2.57. The van der Waals surface area contributed by atoms with E-state index in [1.807, 2.05) is 26.0 Å². The Labute approximate surface area is 227 Å². The maximum Gasteiger partial charge on any atom is 0.247 e. The van der Waals surface area contributed by atoms with Crippen molar-refractivity contribution in [2.45, 2.75) is 0 Å². The van der Waals surface area contributed by atoms with E-state index in [4.69, 9.17) is 4.74 Å². The van der Waals surface area contributed by atoms with Crippen molar-refractivity contribution in [1.82, 2.24) is 14.9 Å². The van der Waals surface area contributed by atoms with Crippen LogP contribution in [0.2, 0.25) is 0 Å². The van der Waals surface area contributed by atoms with Crippen molar-refractivity contribution in [2.75, 3.05) is 74.1 Å². The second-order valence-electron chi connectivity index (χ2n) is 8.74. The lowest BCUT2D eigenvalue weighted by molar-refractivity contribution is -0.112. The van der Waals surface area contributed by atoms with E-state index in [2.05, 4.69) is 37.4 Å². The molecule has 0 fully saturated rings. The van der Waals surface area contributed by atoms with E-state index in [-0.39, 0.29) is 17.7 Å². The molecule has 0 aliphatic rings. The van der Waals surface area contributed by atoms with Gasteiger partial charge in [-0.2, -0.15) is 4.98 Å². The Hall–Kier alpha value is -4.71. The summed E-state index contributed by atoms with van der Waals surface area (Å²) in [4.78, 5) is 38.3. The van der Waals surface area contributed by atoms with Crippen LogP contribution < -0.4 is 30.5 Å². The number of methoxy groups -OCH3 is 1. The first-order valence-electron chi connectivity index (χ1n) is 12.0. The summed E-state index contributed by atoms with van der Waals surface area (Å²) in [6.07, 6.45) is 3.26. The van der Waals surface area contributed by atoms with E-state index < -0.39 is 5.82 Å². The summed E-state index contributed by atoms with van der Waals surface area (Å²) >= 11 is 0. The number of aromatic nitrogens is 2. The van der Waals surface area contributed by atoms with Gasteiger partial charge in [-0.3, -0.25) is 14.5 Å². The predicted molar refractivity (Wildman–Crippen MR) is 153 cm³/mol. The zero-order chi connectivity index (χ0) is 28.5. The molecule has 1 aromatic heterocycles. The minimum absolute atomic E-state index is 0.167. The Morgan fingerprint density at radius 1 is 1.08 bits per heavy atom. The number of likely N-dealkylation sites (N-methyl/N-ethyl adjacent to an activating group) is 2. The first-order chi connectivity index (χ1) is 18.7. The molecule has 39 heavy (non-hydrogen) atoms. The molecule has 3 N–H and O–H groups in total. The van der Waals surface area contributed by atoms with Gasteiger partial charge in [-0.25, -0.2) is 9.37 Å². The number of carbonyl (C=O) groups excluding carboxylic acids is 2. The largest absolute Gasteiger partial charge is 0.494 e. The van der Waals surface area contributed by atoms with Crippen LogP contribution in [0.25, 0.3) is 0 Å². The zero-order valence-corrected chi connectivity index (χ0v) is 22.7. The highest BCUT2D eigenvalue weighted by molar-refractivity contribution is 6.02. The van der Waals surface area contributed by atoms with Crippen molar-refractivity contribution in [3.8, 4) is 5.75 Å². The fourth-order valence-corrected chi connectivity index (χ4v) is 3.72. The third-order valence-electron chi connectivity index (χ3n) is 5.78. The van der Waals surface area contributed by atoms with Gasteiger partial charge in [-0.15, -0.1) is 0 Å². The second-order valence-corrected chi connectivity index (χ2v) is 8.74. The number of halogens is 1. The number of benzene rings is 2. The number of nitrogens with one attached hydrogen (secondary N) is 3. The van der Waals surface area contributed by atoms with Crippen LogP contribution in [-0.2, 0) is 9.59 Å². The minimum Gasteiger partial charge on any atom is -0.494 e. The van der Waals surface area contributed by atoms with Crippen molar-refractivity contribution in [3.63, 3.8) is 0 Å². The smallest absolute Gasteiger partial charge is 0.247 e. The Morgan fingerprint density at radius 3 is 2.49 bits per heavy atom. The van der Waals surface area contributed by atoms with Gasteiger partial charge < -0.3 is 30.5 Å². The van der Waals surface area contributed by atoms with Crippen molar-refractivity contribution in [1.29, 1.82) is 0 Å². The molecule has 0 atom stereocenters. The number of carbonyl (C=O) groups is 2. The lowest BCUT2D eigenvalue weighted by Crippen LogP contribution is -2.29. The molecule has 0 aliphatic heterocycles. The summed E-state index contributed by atoms with van der Waals surface area (Å²) in [5, 5.41) is 8.84. The fourth-order valence-electron chi connectivity index (χ4n) is 3.72.